The molecule has 0 spiro atoms. The molecule has 160 valence electrons. The normalized spacial score (nSPS) is 16.4. The second-order valence-corrected chi connectivity index (χ2v) is 7.57. The van der Waals surface area contributed by atoms with Crippen LogP contribution in [0, 0.1) is 0 Å². The minimum Gasteiger partial charge on any atom is -0.466 e. The van der Waals surface area contributed by atoms with Crippen molar-refractivity contribution in [2.75, 3.05) is 19.7 Å². The molecule has 1 atom stereocenters. The van der Waals surface area contributed by atoms with Crippen molar-refractivity contribution in [1.29, 1.82) is 0 Å². The van der Waals surface area contributed by atoms with Gasteiger partial charge in [0, 0.05) is 18.7 Å². The van der Waals surface area contributed by atoms with Crippen molar-refractivity contribution in [1.82, 2.24) is 10.2 Å². The minimum absolute atomic E-state index is 0.110. The molecule has 1 aliphatic heterocycles. The van der Waals surface area contributed by atoms with Crippen LogP contribution in [0.2, 0.25) is 0 Å². The third-order valence-electron chi connectivity index (χ3n) is 5.23. The fourth-order valence-electron chi connectivity index (χ4n) is 3.55. The van der Waals surface area contributed by atoms with E-state index < -0.39 is 12.0 Å². The number of hydrogen-bond acceptors (Lipinski definition) is 4. The molecule has 0 saturated carbocycles. The van der Waals surface area contributed by atoms with Gasteiger partial charge in [-0.15, -0.1) is 0 Å². The van der Waals surface area contributed by atoms with E-state index in [9.17, 15) is 14.4 Å². The van der Waals surface area contributed by atoms with E-state index in [1.165, 1.54) is 37.0 Å². The van der Waals surface area contributed by atoms with Crippen molar-refractivity contribution < 1.29 is 19.1 Å². The summed E-state index contributed by atoms with van der Waals surface area (Å²) in [7, 11) is 0. The quantitative estimate of drug-likeness (QED) is 0.427. The first-order valence-corrected chi connectivity index (χ1v) is 10.9. The average molecular weight is 403 g/mol. The van der Waals surface area contributed by atoms with Crippen molar-refractivity contribution in [3.63, 3.8) is 0 Å². The fraction of sp³-hybridized carbons (Fsp3) is 0.609. The Morgan fingerprint density at radius 2 is 1.69 bits per heavy atom. The standard InChI is InChI=1S/C23H34N2O4/c1-2-3-4-5-6-7-8-12-17-29-21(26)18-20-22(27)24-15-16-25(20)23(28)19-13-10-9-11-14-19/h9-11,13-14,20H,2-8,12,15-18H2,1H3,(H,24,27). The Bertz CT molecular complexity index is 648. The van der Waals surface area contributed by atoms with Gasteiger partial charge >= 0.3 is 5.97 Å². The van der Waals surface area contributed by atoms with Crippen molar-refractivity contribution in [2.24, 2.45) is 0 Å². The monoisotopic (exact) mass is 402 g/mol. The third kappa shape index (κ3) is 7.87. The van der Waals surface area contributed by atoms with E-state index in [0.29, 0.717) is 25.3 Å². The second kappa shape index (κ2) is 13.0. The van der Waals surface area contributed by atoms with Crippen molar-refractivity contribution in [3.05, 3.63) is 35.9 Å². The summed E-state index contributed by atoms with van der Waals surface area (Å²) in [4.78, 5) is 38.8. The Labute approximate surface area is 174 Å². The number of rotatable bonds is 12. The summed E-state index contributed by atoms with van der Waals surface area (Å²) in [5, 5.41) is 2.74. The number of unbranched alkanes of at least 4 members (excludes halogenated alkanes) is 7. The van der Waals surface area contributed by atoms with Gasteiger partial charge in [-0.2, -0.15) is 0 Å². The summed E-state index contributed by atoms with van der Waals surface area (Å²) in [6, 6.07) is 8.01. The van der Waals surface area contributed by atoms with Gasteiger partial charge in [0.05, 0.1) is 13.0 Å². The van der Waals surface area contributed by atoms with E-state index in [4.69, 9.17) is 4.74 Å². The predicted octanol–water partition coefficient (Wildman–Crippen LogP) is 3.70. The Morgan fingerprint density at radius 3 is 2.38 bits per heavy atom. The second-order valence-electron chi connectivity index (χ2n) is 7.57. The van der Waals surface area contributed by atoms with Crippen LogP contribution in [0.3, 0.4) is 0 Å². The lowest BCUT2D eigenvalue weighted by Crippen LogP contribution is -2.57. The number of amides is 2. The average Bonchev–Trinajstić information content (AvgIpc) is 2.74. The molecule has 1 aliphatic rings. The molecule has 1 unspecified atom stereocenters. The summed E-state index contributed by atoms with van der Waals surface area (Å²) in [6.45, 7) is 3.35. The van der Waals surface area contributed by atoms with E-state index >= 15 is 0 Å². The van der Waals surface area contributed by atoms with Crippen LogP contribution in [-0.2, 0) is 14.3 Å². The molecule has 0 aromatic heterocycles. The van der Waals surface area contributed by atoms with Gasteiger partial charge in [-0.05, 0) is 18.6 Å². The highest BCUT2D eigenvalue weighted by atomic mass is 16.5. The van der Waals surface area contributed by atoms with E-state index in [1.807, 2.05) is 6.07 Å². The lowest BCUT2D eigenvalue weighted by atomic mass is 10.1. The smallest absolute Gasteiger partial charge is 0.308 e. The first-order chi connectivity index (χ1) is 14.1. The molecule has 0 aliphatic carbocycles. The molecule has 29 heavy (non-hydrogen) atoms. The van der Waals surface area contributed by atoms with E-state index in [0.717, 1.165) is 19.3 Å². The highest BCUT2D eigenvalue weighted by Crippen LogP contribution is 2.15. The number of hydrogen-bond donors (Lipinski definition) is 1. The number of carbonyl (C=O) groups excluding carboxylic acids is 3. The van der Waals surface area contributed by atoms with Crippen LogP contribution in [0.15, 0.2) is 30.3 Å². The van der Waals surface area contributed by atoms with Gasteiger partial charge in [-0.25, -0.2) is 0 Å². The van der Waals surface area contributed by atoms with E-state index in [1.54, 1.807) is 24.3 Å². The Kier molecular flexibility index (Phi) is 10.2. The number of nitrogens with zero attached hydrogens (tertiary/aromatic N) is 1. The maximum Gasteiger partial charge on any atom is 0.308 e. The molecule has 1 fully saturated rings. The SMILES string of the molecule is CCCCCCCCCCOC(=O)CC1C(=O)NCCN1C(=O)c1ccccc1. The zero-order chi connectivity index (χ0) is 20.9. The van der Waals surface area contributed by atoms with Gasteiger partial charge in [-0.1, -0.05) is 70.1 Å². The molecular formula is C23H34N2O4. The molecule has 1 aromatic rings. The highest BCUT2D eigenvalue weighted by Gasteiger charge is 2.35. The summed E-state index contributed by atoms with van der Waals surface area (Å²) in [6.07, 6.45) is 9.28. The third-order valence-corrected chi connectivity index (χ3v) is 5.23. The van der Waals surface area contributed by atoms with Crippen molar-refractivity contribution in [3.8, 4) is 0 Å². The largest absolute Gasteiger partial charge is 0.466 e. The number of nitrogens with one attached hydrogen (secondary N) is 1. The van der Waals surface area contributed by atoms with Crippen LogP contribution < -0.4 is 5.32 Å². The number of benzene rings is 1. The van der Waals surface area contributed by atoms with Gasteiger partial charge < -0.3 is 15.0 Å². The topological polar surface area (TPSA) is 75.7 Å². The van der Waals surface area contributed by atoms with Crippen LogP contribution in [0.25, 0.3) is 0 Å². The molecule has 1 N–H and O–H groups in total. The first kappa shape index (κ1) is 22.9. The lowest BCUT2D eigenvalue weighted by Gasteiger charge is -2.34. The van der Waals surface area contributed by atoms with Crippen LogP contribution in [-0.4, -0.2) is 48.4 Å². The molecule has 1 aromatic carbocycles. The summed E-state index contributed by atoms with van der Waals surface area (Å²) in [5.74, 6) is -0.966. The summed E-state index contributed by atoms with van der Waals surface area (Å²) < 4.78 is 5.32. The minimum atomic E-state index is -0.817. The van der Waals surface area contributed by atoms with E-state index in [-0.39, 0.29) is 18.2 Å². The van der Waals surface area contributed by atoms with Crippen LogP contribution in [0.4, 0.5) is 0 Å². The molecule has 0 bridgehead atoms. The van der Waals surface area contributed by atoms with Gasteiger partial charge in [0.25, 0.3) is 5.91 Å². The molecular weight excluding hydrogens is 368 g/mol. The maximum absolute atomic E-state index is 12.8. The van der Waals surface area contributed by atoms with Crippen LogP contribution in [0.1, 0.15) is 75.1 Å². The van der Waals surface area contributed by atoms with Crippen LogP contribution >= 0.6 is 0 Å². The Hall–Kier alpha value is -2.37. The van der Waals surface area contributed by atoms with E-state index in [2.05, 4.69) is 12.2 Å². The Balaban J connectivity index is 1.73. The van der Waals surface area contributed by atoms with Crippen LogP contribution in [0.5, 0.6) is 0 Å². The zero-order valence-corrected chi connectivity index (χ0v) is 17.5. The van der Waals surface area contributed by atoms with Crippen molar-refractivity contribution >= 4 is 17.8 Å². The molecule has 1 saturated heterocycles. The molecule has 6 heteroatoms. The maximum atomic E-state index is 12.8. The van der Waals surface area contributed by atoms with Gasteiger partial charge in [0.1, 0.15) is 6.04 Å². The zero-order valence-electron chi connectivity index (χ0n) is 17.5. The molecule has 6 nitrogen and oxygen atoms in total. The Morgan fingerprint density at radius 1 is 1.03 bits per heavy atom. The molecule has 0 radical (unpaired) electrons. The molecule has 2 rings (SSSR count). The number of piperazine rings is 1. The summed E-state index contributed by atoms with van der Waals surface area (Å²) >= 11 is 0. The molecule has 1 heterocycles. The van der Waals surface area contributed by atoms with Gasteiger partial charge in [0.15, 0.2) is 0 Å². The fourth-order valence-corrected chi connectivity index (χ4v) is 3.55. The lowest BCUT2D eigenvalue weighted by molar-refractivity contribution is -0.147. The number of carbonyl (C=O) groups is 3. The molecule has 2 amide bonds. The summed E-state index contributed by atoms with van der Waals surface area (Å²) in [5.41, 5.74) is 0.513. The first-order valence-electron chi connectivity index (χ1n) is 10.9. The predicted molar refractivity (Wildman–Crippen MR) is 112 cm³/mol. The number of esters is 1. The van der Waals surface area contributed by atoms with Gasteiger partial charge in [0.2, 0.25) is 5.91 Å². The highest BCUT2D eigenvalue weighted by molar-refractivity contribution is 5.99. The van der Waals surface area contributed by atoms with Crippen molar-refractivity contribution in [2.45, 2.75) is 70.8 Å². The van der Waals surface area contributed by atoms with Gasteiger partial charge in [-0.3, -0.25) is 14.4 Å². The number of ether oxygens (including phenoxy) is 1.